The molecule has 0 fully saturated rings. The molecule has 0 amide bonds. The number of aliphatic hydroxyl groups is 2. The van der Waals surface area contributed by atoms with E-state index in [1.807, 2.05) is 0 Å². The van der Waals surface area contributed by atoms with Crippen LogP contribution in [-0.4, -0.2) is 87.1 Å². The summed E-state index contributed by atoms with van der Waals surface area (Å²) in [6.07, 6.45) is 0. The monoisotopic (exact) mass is 556 g/mol. The van der Waals surface area contributed by atoms with E-state index in [0.717, 1.165) is 0 Å². The van der Waals surface area contributed by atoms with Gasteiger partial charge in [0.05, 0.1) is 100 Å². The van der Waals surface area contributed by atoms with Crippen molar-refractivity contribution in [3.8, 4) is 23.0 Å². The van der Waals surface area contributed by atoms with Crippen LogP contribution in [0.15, 0.2) is 24.3 Å². The quantitative estimate of drug-likeness (QED) is 0.137. The number of nitro groups is 2. The first kappa shape index (κ1) is 31.5. The van der Waals surface area contributed by atoms with Gasteiger partial charge in [0.1, 0.15) is 13.2 Å². The molecule has 0 heterocycles. The first-order valence-electron chi connectivity index (χ1n) is 11.8. The van der Waals surface area contributed by atoms with E-state index in [0.29, 0.717) is 13.2 Å². The lowest BCUT2D eigenvalue weighted by atomic mass is 10.1. The molecule has 15 heteroatoms. The fraction of sp³-hybridized carbons (Fsp3) is 0.500. The third kappa shape index (κ3) is 9.81. The number of benzene rings is 2. The summed E-state index contributed by atoms with van der Waals surface area (Å²) in [7, 11) is 2.78. The van der Waals surface area contributed by atoms with Crippen LogP contribution >= 0.6 is 0 Å². The van der Waals surface area contributed by atoms with E-state index in [4.69, 9.17) is 33.2 Å². The van der Waals surface area contributed by atoms with Crippen molar-refractivity contribution in [3.05, 3.63) is 55.6 Å². The molecule has 0 aliphatic rings. The maximum atomic E-state index is 11.2. The minimum atomic E-state index is -0.606. The molecule has 39 heavy (non-hydrogen) atoms. The summed E-state index contributed by atoms with van der Waals surface area (Å²) in [6, 6.07) is 5.11. The Bertz CT molecular complexity index is 997. The maximum Gasteiger partial charge on any atom is 0.278 e. The molecule has 0 aromatic heterocycles. The van der Waals surface area contributed by atoms with Gasteiger partial charge in [0, 0.05) is 0 Å². The molecule has 0 aliphatic carbocycles. The second kappa shape index (κ2) is 17.0. The van der Waals surface area contributed by atoms with Crippen molar-refractivity contribution < 1.29 is 53.2 Å². The van der Waals surface area contributed by atoms with E-state index in [-0.39, 0.29) is 85.1 Å². The Hall–Kier alpha value is -3.76. The van der Waals surface area contributed by atoms with Crippen molar-refractivity contribution in [2.24, 2.45) is 0 Å². The van der Waals surface area contributed by atoms with E-state index in [2.05, 4.69) is 0 Å². The van der Waals surface area contributed by atoms with Gasteiger partial charge in [0.15, 0.2) is 23.0 Å². The first-order valence-corrected chi connectivity index (χ1v) is 11.8. The Morgan fingerprint density at radius 3 is 1.21 bits per heavy atom. The fourth-order valence-corrected chi connectivity index (χ4v) is 3.28. The molecule has 216 valence electrons. The van der Waals surface area contributed by atoms with E-state index < -0.39 is 23.1 Å². The average Bonchev–Trinajstić information content (AvgIpc) is 2.94. The molecule has 0 unspecified atom stereocenters. The van der Waals surface area contributed by atoms with Crippen molar-refractivity contribution >= 4 is 11.4 Å². The predicted octanol–water partition coefficient (Wildman–Crippen LogP) is 2.01. The second-order valence-electron chi connectivity index (χ2n) is 7.63. The lowest BCUT2D eigenvalue weighted by molar-refractivity contribution is -0.386. The lowest BCUT2D eigenvalue weighted by Gasteiger charge is -2.13. The molecule has 0 atom stereocenters. The normalized spacial score (nSPS) is 10.8. The third-order valence-corrected chi connectivity index (χ3v) is 5.18. The van der Waals surface area contributed by atoms with Gasteiger partial charge in [-0.25, -0.2) is 0 Å². The fourth-order valence-electron chi connectivity index (χ4n) is 3.28. The molecular weight excluding hydrogens is 524 g/mol. The van der Waals surface area contributed by atoms with Crippen molar-refractivity contribution in [2.75, 3.05) is 67.1 Å². The van der Waals surface area contributed by atoms with Crippen LogP contribution in [0.1, 0.15) is 11.1 Å². The Kier molecular flexibility index (Phi) is 13.7. The summed E-state index contributed by atoms with van der Waals surface area (Å²) in [5.41, 5.74) is -0.295. The van der Waals surface area contributed by atoms with Gasteiger partial charge >= 0.3 is 0 Å². The standard InChI is InChI=1S/C24H32N2O13/c1-33-21-11-17(15-27)19(25(29)30)13-23(21)38-9-7-36-5-3-35-4-6-37-8-10-39-24-14-20(26(31)32)18(16-28)12-22(24)34-2/h11-14,27-28H,3-10,15-16H2,1-2H3. The van der Waals surface area contributed by atoms with E-state index in [9.17, 15) is 30.4 Å². The van der Waals surface area contributed by atoms with Gasteiger partial charge in [-0.2, -0.15) is 0 Å². The summed E-state index contributed by atoms with van der Waals surface area (Å²) in [5, 5.41) is 40.9. The zero-order chi connectivity index (χ0) is 28.6. The lowest BCUT2D eigenvalue weighted by Crippen LogP contribution is -2.14. The summed E-state index contributed by atoms with van der Waals surface area (Å²) in [6.45, 7) is 0.820. The minimum absolute atomic E-state index is 0.117. The van der Waals surface area contributed by atoms with Crippen LogP contribution in [0.5, 0.6) is 23.0 Å². The molecule has 0 bridgehead atoms. The highest BCUT2D eigenvalue weighted by molar-refractivity contribution is 5.55. The number of aliphatic hydroxyl groups excluding tert-OH is 2. The van der Waals surface area contributed by atoms with Crippen LogP contribution in [-0.2, 0) is 27.4 Å². The molecule has 0 radical (unpaired) electrons. The number of nitrogens with zero attached hydrogens (tertiary/aromatic N) is 2. The molecule has 0 saturated carbocycles. The average molecular weight is 557 g/mol. The largest absolute Gasteiger partial charge is 0.493 e. The van der Waals surface area contributed by atoms with Crippen LogP contribution in [0.3, 0.4) is 0 Å². The molecule has 2 aromatic rings. The van der Waals surface area contributed by atoms with Gasteiger partial charge in [-0.1, -0.05) is 0 Å². The topological polar surface area (TPSA) is 191 Å². The van der Waals surface area contributed by atoms with Gasteiger partial charge in [-0.15, -0.1) is 0 Å². The Labute approximate surface area is 224 Å². The van der Waals surface area contributed by atoms with E-state index in [1.165, 1.54) is 38.5 Å². The number of hydrogen-bond acceptors (Lipinski definition) is 13. The molecule has 0 saturated heterocycles. The highest BCUT2D eigenvalue weighted by atomic mass is 16.6. The SMILES string of the molecule is COc1cc(CO)c([N+](=O)[O-])cc1OCCOCCOCCOCCOc1cc([N+](=O)[O-])c(CO)cc1OC. The second-order valence-corrected chi connectivity index (χ2v) is 7.63. The molecule has 0 aliphatic heterocycles. The van der Waals surface area contributed by atoms with Gasteiger partial charge in [0.2, 0.25) is 0 Å². The first-order chi connectivity index (χ1) is 18.9. The van der Waals surface area contributed by atoms with Crippen molar-refractivity contribution in [3.63, 3.8) is 0 Å². The van der Waals surface area contributed by atoms with Crippen molar-refractivity contribution in [1.82, 2.24) is 0 Å². The van der Waals surface area contributed by atoms with Gasteiger partial charge in [-0.3, -0.25) is 20.2 Å². The zero-order valence-electron chi connectivity index (χ0n) is 21.7. The molecule has 2 N–H and O–H groups in total. The Morgan fingerprint density at radius 1 is 0.590 bits per heavy atom. The van der Waals surface area contributed by atoms with Crippen molar-refractivity contribution in [2.45, 2.75) is 13.2 Å². The summed E-state index contributed by atoms with van der Waals surface area (Å²) in [4.78, 5) is 21.1. The molecule has 0 spiro atoms. The minimum Gasteiger partial charge on any atom is -0.493 e. The molecule has 15 nitrogen and oxygen atoms in total. The highest BCUT2D eigenvalue weighted by Gasteiger charge is 2.20. The molecular formula is C24H32N2O13. The van der Waals surface area contributed by atoms with Gasteiger partial charge in [-0.05, 0) is 12.1 Å². The van der Waals surface area contributed by atoms with Crippen LogP contribution < -0.4 is 18.9 Å². The van der Waals surface area contributed by atoms with Crippen molar-refractivity contribution in [1.29, 1.82) is 0 Å². The van der Waals surface area contributed by atoms with Crippen LogP contribution in [0.2, 0.25) is 0 Å². The number of methoxy groups -OCH3 is 2. The zero-order valence-corrected chi connectivity index (χ0v) is 21.7. The third-order valence-electron chi connectivity index (χ3n) is 5.18. The highest BCUT2D eigenvalue weighted by Crippen LogP contribution is 2.35. The number of ether oxygens (including phenoxy) is 7. The Balaban J connectivity index is 1.58. The summed E-state index contributed by atoms with van der Waals surface area (Å²) < 4.78 is 37.6. The molecule has 2 rings (SSSR count). The molecule has 2 aromatic carbocycles. The van der Waals surface area contributed by atoms with Gasteiger partial charge in [0.25, 0.3) is 11.4 Å². The van der Waals surface area contributed by atoms with Crippen LogP contribution in [0, 0.1) is 20.2 Å². The summed E-state index contributed by atoms with van der Waals surface area (Å²) >= 11 is 0. The van der Waals surface area contributed by atoms with Gasteiger partial charge < -0.3 is 43.4 Å². The van der Waals surface area contributed by atoms with E-state index >= 15 is 0 Å². The predicted molar refractivity (Wildman–Crippen MR) is 135 cm³/mol. The van der Waals surface area contributed by atoms with E-state index in [1.54, 1.807) is 0 Å². The smallest absolute Gasteiger partial charge is 0.278 e. The number of rotatable bonds is 20. The summed E-state index contributed by atoms with van der Waals surface area (Å²) in [5.74, 6) is 0.860. The maximum absolute atomic E-state index is 11.2. The number of hydrogen-bond donors (Lipinski definition) is 2. The van der Waals surface area contributed by atoms with Crippen LogP contribution in [0.4, 0.5) is 11.4 Å². The number of nitro benzene ring substituents is 2. The Morgan fingerprint density at radius 2 is 0.923 bits per heavy atom. The van der Waals surface area contributed by atoms with Crippen LogP contribution in [0.25, 0.3) is 0 Å².